The molecule has 0 spiro atoms. The Labute approximate surface area is 87.4 Å². The summed E-state index contributed by atoms with van der Waals surface area (Å²) in [5, 5.41) is 2.79. The van der Waals surface area contributed by atoms with Gasteiger partial charge in [-0.25, -0.2) is 0 Å². The second-order valence-corrected chi connectivity index (χ2v) is 4.23. The van der Waals surface area contributed by atoms with E-state index >= 15 is 0 Å². The molecule has 14 heavy (non-hydrogen) atoms. The van der Waals surface area contributed by atoms with E-state index < -0.39 is 0 Å². The maximum absolute atomic E-state index is 10.9. The normalized spacial score (nSPS) is 11.1. The van der Waals surface area contributed by atoms with Crippen LogP contribution in [0.1, 0.15) is 19.8 Å². The third-order valence-electron chi connectivity index (χ3n) is 2.32. The van der Waals surface area contributed by atoms with Crippen LogP contribution in [0.4, 0.5) is 0 Å². The number of unbranched alkanes of at least 4 members (excludes halogenated alkanes) is 1. The van der Waals surface area contributed by atoms with Gasteiger partial charge in [-0.1, -0.05) is 19.9 Å². The average Bonchev–Trinajstić information content (AvgIpc) is 2.14. The third-order valence-corrected chi connectivity index (χ3v) is 2.32. The van der Waals surface area contributed by atoms with Gasteiger partial charge in [0.2, 0.25) is 5.91 Å². The van der Waals surface area contributed by atoms with E-state index in [0.29, 0.717) is 0 Å². The van der Waals surface area contributed by atoms with E-state index in [1.165, 1.54) is 25.5 Å². The lowest BCUT2D eigenvalue weighted by Crippen LogP contribution is -2.45. The predicted octanol–water partition coefficient (Wildman–Crippen LogP) is 1.17. The molecule has 0 aromatic rings. The fourth-order valence-corrected chi connectivity index (χ4v) is 1.25. The van der Waals surface area contributed by atoms with Gasteiger partial charge in [0, 0.05) is 0 Å². The highest BCUT2D eigenvalue weighted by Crippen LogP contribution is 2.00. The summed E-state index contributed by atoms with van der Waals surface area (Å²) in [5.41, 5.74) is 0. The SMILES string of the molecule is C=CC(=O)NCC[N+](C)(C)CCCC. The summed E-state index contributed by atoms with van der Waals surface area (Å²) in [6, 6.07) is 0. The zero-order chi connectivity index (χ0) is 11.0. The molecule has 0 saturated carbocycles. The van der Waals surface area contributed by atoms with Crippen molar-refractivity contribution in [2.45, 2.75) is 19.8 Å². The molecular formula is C11H23N2O+. The number of nitrogens with one attached hydrogen (secondary N) is 1. The van der Waals surface area contributed by atoms with Crippen molar-refractivity contribution in [2.24, 2.45) is 0 Å². The molecule has 82 valence electrons. The van der Waals surface area contributed by atoms with Crippen LogP contribution < -0.4 is 5.32 Å². The quantitative estimate of drug-likeness (QED) is 0.484. The van der Waals surface area contributed by atoms with Crippen molar-refractivity contribution in [1.82, 2.24) is 5.32 Å². The van der Waals surface area contributed by atoms with E-state index in [1.54, 1.807) is 0 Å². The second kappa shape index (κ2) is 6.60. The Bertz CT molecular complexity index is 188. The molecule has 0 bridgehead atoms. The first-order chi connectivity index (χ1) is 6.52. The Morgan fingerprint density at radius 3 is 2.57 bits per heavy atom. The summed E-state index contributed by atoms with van der Waals surface area (Å²) >= 11 is 0. The number of likely N-dealkylation sites (N-methyl/N-ethyl adjacent to an activating group) is 1. The smallest absolute Gasteiger partial charge is 0.243 e. The third kappa shape index (κ3) is 6.66. The summed E-state index contributed by atoms with van der Waals surface area (Å²) in [7, 11) is 4.38. The Morgan fingerprint density at radius 2 is 2.07 bits per heavy atom. The topological polar surface area (TPSA) is 29.1 Å². The van der Waals surface area contributed by atoms with Gasteiger partial charge in [0.25, 0.3) is 0 Å². The molecule has 1 amide bonds. The van der Waals surface area contributed by atoms with Gasteiger partial charge < -0.3 is 9.80 Å². The zero-order valence-corrected chi connectivity index (χ0v) is 9.68. The fourth-order valence-electron chi connectivity index (χ4n) is 1.25. The van der Waals surface area contributed by atoms with Crippen LogP contribution in [0.25, 0.3) is 0 Å². The molecule has 0 unspecified atom stereocenters. The minimum absolute atomic E-state index is 0.0829. The van der Waals surface area contributed by atoms with Crippen molar-refractivity contribution in [3.05, 3.63) is 12.7 Å². The number of carbonyl (C=O) groups excluding carboxylic acids is 1. The number of carbonyl (C=O) groups is 1. The van der Waals surface area contributed by atoms with Crippen LogP contribution in [-0.4, -0.2) is 44.1 Å². The monoisotopic (exact) mass is 199 g/mol. The first kappa shape index (κ1) is 13.2. The van der Waals surface area contributed by atoms with Crippen LogP contribution in [0.3, 0.4) is 0 Å². The van der Waals surface area contributed by atoms with Crippen molar-refractivity contribution in [3.63, 3.8) is 0 Å². The Kier molecular flexibility index (Phi) is 6.21. The van der Waals surface area contributed by atoms with E-state index in [1.807, 2.05) is 0 Å². The number of amides is 1. The molecule has 0 atom stereocenters. The van der Waals surface area contributed by atoms with Crippen LogP contribution in [0.15, 0.2) is 12.7 Å². The van der Waals surface area contributed by atoms with Crippen LogP contribution in [0.2, 0.25) is 0 Å². The van der Waals surface area contributed by atoms with Crippen molar-refractivity contribution >= 4 is 5.91 Å². The predicted molar refractivity (Wildman–Crippen MR) is 60.0 cm³/mol. The van der Waals surface area contributed by atoms with E-state index in [4.69, 9.17) is 0 Å². The molecule has 0 heterocycles. The lowest BCUT2D eigenvalue weighted by atomic mass is 10.3. The molecule has 0 aliphatic carbocycles. The van der Waals surface area contributed by atoms with Gasteiger partial charge >= 0.3 is 0 Å². The molecule has 1 N–H and O–H groups in total. The van der Waals surface area contributed by atoms with Gasteiger partial charge in [-0.15, -0.1) is 0 Å². The molecule has 0 aliphatic heterocycles. The van der Waals surface area contributed by atoms with Gasteiger partial charge in [0.15, 0.2) is 0 Å². The zero-order valence-electron chi connectivity index (χ0n) is 9.68. The Morgan fingerprint density at radius 1 is 1.43 bits per heavy atom. The average molecular weight is 199 g/mol. The highest BCUT2D eigenvalue weighted by molar-refractivity contribution is 5.86. The van der Waals surface area contributed by atoms with E-state index in [0.717, 1.165) is 17.6 Å². The molecule has 0 saturated heterocycles. The minimum Gasteiger partial charge on any atom is -0.347 e. The number of rotatable bonds is 7. The Hall–Kier alpha value is -0.830. The van der Waals surface area contributed by atoms with Gasteiger partial charge in [-0.3, -0.25) is 4.79 Å². The molecule has 3 nitrogen and oxygen atoms in total. The largest absolute Gasteiger partial charge is 0.347 e. The molecule has 0 aromatic heterocycles. The first-order valence-electron chi connectivity index (χ1n) is 5.24. The van der Waals surface area contributed by atoms with Crippen molar-refractivity contribution in [1.29, 1.82) is 0 Å². The summed E-state index contributed by atoms with van der Waals surface area (Å²) in [6.07, 6.45) is 3.77. The number of hydrogen-bond acceptors (Lipinski definition) is 1. The highest BCUT2D eigenvalue weighted by atomic mass is 16.1. The van der Waals surface area contributed by atoms with E-state index in [2.05, 4.69) is 32.9 Å². The summed E-state index contributed by atoms with van der Waals surface area (Å²) in [4.78, 5) is 10.9. The standard InChI is InChI=1S/C11H22N2O/c1-5-7-9-13(3,4)10-8-12-11(14)6-2/h6H,2,5,7-10H2,1,3-4H3/p+1. The molecular weight excluding hydrogens is 176 g/mol. The molecule has 0 radical (unpaired) electrons. The molecule has 0 aliphatic rings. The van der Waals surface area contributed by atoms with Crippen molar-refractivity contribution in [3.8, 4) is 0 Å². The summed E-state index contributed by atoms with van der Waals surface area (Å²) in [5.74, 6) is -0.0829. The van der Waals surface area contributed by atoms with E-state index in [-0.39, 0.29) is 5.91 Å². The molecule has 0 aromatic carbocycles. The lowest BCUT2D eigenvalue weighted by molar-refractivity contribution is -0.889. The van der Waals surface area contributed by atoms with Gasteiger partial charge in [0.1, 0.15) is 0 Å². The maximum Gasteiger partial charge on any atom is 0.243 e. The fraction of sp³-hybridized carbons (Fsp3) is 0.727. The molecule has 0 rings (SSSR count). The first-order valence-corrected chi connectivity index (χ1v) is 5.24. The van der Waals surface area contributed by atoms with Crippen LogP contribution >= 0.6 is 0 Å². The van der Waals surface area contributed by atoms with Gasteiger partial charge in [0.05, 0.1) is 33.7 Å². The summed E-state index contributed by atoms with van der Waals surface area (Å²) in [6.45, 7) is 8.46. The number of hydrogen-bond donors (Lipinski definition) is 1. The number of nitrogens with zero attached hydrogens (tertiary/aromatic N) is 1. The van der Waals surface area contributed by atoms with Crippen molar-refractivity contribution < 1.29 is 9.28 Å². The molecule has 3 heteroatoms. The van der Waals surface area contributed by atoms with Gasteiger partial charge in [-0.05, 0) is 12.5 Å². The Balaban J connectivity index is 3.64. The number of quaternary nitrogens is 1. The van der Waals surface area contributed by atoms with Crippen LogP contribution in [-0.2, 0) is 4.79 Å². The minimum atomic E-state index is -0.0829. The highest BCUT2D eigenvalue weighted by Gasteiger charge is 2.13. The second-order valence-electron chi connectivity index (χ2n) is 4.23. The van der Waals surface area contributed by atoms with Gasteiger partial charge in [-0.2, -0.15) is 0 Å². The summed E-state index contributed by atoms with van der Waals surface area (Å²) < 4.78 is 0.964. The molecule has 0 fully saturated rings. The maximum atomic E-state index is 10.9. The lowest BCUT2D eigenvalue weighted by Gasteiger charge is -2.29. The van der Waals surface area contributed by atoms with E-state index in [9.17, 15) is 4.79 Å². The van der Waals surface area contributed by atoms with Crippen LogP contribution in [0, 0.1) is 0 Å². The van der Waals surface area contributed by atoms with Crippen molar-refractivity contribution in [2.75, 3.05) is 33.7 Å². The van der Waals surface area contributed by atoms with Crippen LogP contribution in [0.5, 0.6) is 0 Å².